The molecule has 0 radical (unpaired) electrons. The van der Waals surface area contributed by atoms with Crippen LogP contribution < -0.4 is 0 Å². The highest BCUT2D eigenvalue weighted by atomic mass is 35.5. The summed E-state index contributed by atoms with van der Waals surface area (Å²) in [5.41, 5.74) is 1.48. The average molecular weight is 327 g/mol. The second kappa shape index (κ2) is 6.00. The van der Waals surface area contributed by atoms with Crippen LogP contribution in [0.5, 0.6) is 0 Å². The maximum atomic E-state index is 12.2. The standard InChI is InChI=1S/C15H12Cl2O2S/c1-11-6-8-12(9-7-11)20(18,19)10-15(17)13-4-2-3-5-14(13)16/h2-10H,1H3/b15-10-. The van der Waals surface area contributed by atoms with Crippen LogP contribution in [0.2, 0.25) is 5.02 Å². The van der Waals surface area contributed by atoms with Gasteiger partial charge >= 0.3 is 0 Å². The van der Waals surface area contributed by atoms with Gasteiger partial charge in [0.15, 0.2) is 0 Å². The minimum atomic E-state index is -3.59. The Balaban J connectivity index is 2.43. The van der Waals surface area contributed by atoms with E-state index in [0.717, 1.165) is 11.0 Å². The van der Waals surface area contributed by atoms with Gasteiger partial charge in [-0.05, 0) is 25.1 Å². The summed E-state index contributed by atoms with van der Waals surface area (Å²) in [5.74, 6) is 0. The molecule has 0 aliphatic rings. The Bertz CT molecular complexity index is 748. The molecule has 0 bridgehead atoms. The molecule has 0 aliphatic carbocycles. The smallest absolute Gasteiger partial charge is 0.201 e. The lowest BCUT2D eigenvalue weighted by Gasteiger charge is -2.04. The SMILES string of the molecule is Cc1ccc(S(=O)(=O)/C=C(\Cl)c2ccccc2Cl)cc1. The van der Waals surface area contributed by atoms with Crippen LogP contribution in [0.1, 0.15) is 11.1 Å². The lowest BCUT2D eigenvalue weighted by molar-refractivity contribution is 0.605. The Hall–Kier alpha value is -1.29. The van der Waals surface area contributed by atoms with Crippen LogP contribution in [-0.2, 0) is 9.84 Å². The molecular weight excluding hydrogens is 315 g/mol. The molecule has 0 unspecified atom stereocenters. The number of rotatable bonds is 3. The predicted octanol–water partition coefficient (Wildman–Crippen LogP) is 4.66. The monoisotopic (exact) mass is 326 g/mol. The van der Waals surface area contributed by atoms with E-state index in [-0.39, 0.29) is 9.93 Å². The van der Waals surface area contributed by atoms with E-state index in [4.69, 9.17) is 23.2 Å². The first kappa shape index (κ1) is 15.1. The lowest BCUT2D eigenvalue weighted by atomic mass is 10.2. The quantitative estimate of drug-likeness (QED) is 0.822. The molecule has 2 aromatic carbocycles. The zero-order valence-corrected chi connectivity index (χ0v) is 13.0. The maximum absolute atomic E-state index is 12.2. The van der Waals surface area contributed by atoms with Gasteiger partial charge in [0.25, 0.3) is 0 Å². The van der Waals surface area contributed by atoms with Crippen molar-refractivity contribution in [2.75, 3.05) is 0 Å². The molecule has 0 aromatic heterocycles. The van der Waals surface area contributed by atoms with E-state index in [9.17, 15) is 8.42 Å². The Morgan fingerprint density at radius 1 is 1.05 bits per heavy atom. The van der Waals surface area contributed by atoms with Gasteiger partial charge in [0.1, 0.15) is 0 Å². The van der Waals surface area contributed by atoms with E-state index in [2.05, 4.69) is 0 Å². The van der Waals surface area contributed by atoms with E-state index in [0.29, 0.717) is 10.6 Å². The van der Waals surface area contributed by atoms with Gasteiger partial charge < -0.3 is 0 Å². The van der Waals surface area contributed by atoms with Crippen molar-refractivity contribution in [2.45, 2.75) is 11.8 Å². The van der Waals surface area contributed by atoms with Crippen molar-refractivity contribution >= 4 is 38.1 Å². The highest BCUT2D eigenvalue weighted by molar-refractivity contribution is 7.94. The molecule has 0 saturated heterocycles. The third-order valence-corrected chi connectivity index (χ3v) is 4.99. The van der Waals surface area contributed by atoms with Crippen LogP contribution in [0.25, 0.3) is 5.03 Å². The fraction of sp³-hybridized carbons (Fsp3) is 0.0667. The molecule has 0 amide bonds. The van der Waals surface area contributed by atoms with Gasteiger partial charge in [0, 0.05) is 10.6 Å². The summed E-state index contributed by atoms with van der Waals surface area (Å²) < 4.78 is 24.5. The van der Waals surface area contributed by atoms with Crippen LogP contribution in [0.3, 0.4) is 0 Å². The number of sulfone groups is 1. The van der Waals surface area contributed by atoms with Crippen molar-refractivity contribution in [3.05, 3.63) is 70.1 Å². The number of aryl methyl sites for hydroxylation is 1. The van der Waals surface area contributed by atoms with E-state index in [1.54, 1.807) is 48.5 Å². The van der Waals surface area contributed by atoms with Gasteiger partial charge in [-0.2, -0.15) is 0 Å². The van der Waals surface area contributed by atoms with Gasteiger partial charge in [0.2, 0.25) is 9.84 Å². The highest BCUT2D eigenvalue weighted by Crippen LogP contribution is 2.28. The van der Waals surface area contributed by atoms with E-state index in [1.165, 1.54) is 0 Å². The van der Waals surface area contributed by atoms with Crippen LogP contribution >= 0.6 is 23.2 Å². The summed E-state index contributed by atoms with van der Waals surface area (Å²) in [5, 5.41) is 1.53. The molecule has 0 saturated carbocycles. The van der Waals surface area contributed by atoms with Gasteiger partial charge in [0.05, 0.1) is 15.3 Å². The van der Waals surface area contributed by atoms with Crippen molar-refractivity contribution in [1.29, 1.82) is 0 Å². The molecule has 2 nitrogen and oxygen atoms in total. The summed E-state index contributed by atoms with van der Waals surface area (Å²) in [7, 11) is -3.59. The Morgan fingerprint density at radius 3 is 2.25 bits per heavy atom. The Morgan fingerprint density at radius 2 is 1.65 bits per heavy atom. The summed E-state index contributed by atoms with van der Waals surface area (Å²) in [4.78, 5) is 0.202. The van der Waals surface area contributed by atoms with Gasteiger partial charge in [-0.15, -0.1) is 0 Å². The first-order valence-electron chi connectivity index (χ1n) is 5.84. The summed E-state index contributed by atoms with van der Waals surface area (Å²) >= 11 is 12.1. The minimum absolute atomic E-state index is 0.0937. The molecule has 20 heavy (non-hydrogen) atoms. The molecule has 2 rings (SSSR count). The second-order valence-electron chi connectivity index (χ2n) is 4.30. The number of benzene rings is 2. The maximum Gasteiger partial charge on any atom is 0.201 e. The molecule has 0 N–H and O–H groups in total. The zero-order chi connectivity index (χ0) is 14.8. The fourth-order valence-electron chi connectivity index (χ4n) is 1.65. The van der Waals surface area contributed by atoms with Crippen molar-refractivity contribution in [2.24, 2.45) is 0 Å². The first-order chi connectivity index (χ1) is 9.40. The van der Waals surface area contributed by atoms with Crippen LogP contribution in [0.4, 0.5) is 0 Å². The third kappa shape index (κ3) is 3.42. The molecular formula is C15H12Cl2O2S. The van der Waals surface area contributed by atoms with Crippen LogP contribution in [0.15, 0.2) is 58.8 Å². The Kier molecular flexibility index (Phi) is 4.53. The molecule has 104 valence electrons. The fourth-order valence-corrected chi connectivity index (χ4v) is 3.50. The summed E-state index contributed by atoms with van der Waals surface area (Å²) in [6, 6.07) is 13.4. The highest BCUT2D eigenvalue weighted by Gasteiger charge is 2.14. The Labute approximate surface area is 128 Å². The number of halogens is 2. The third-order valence-electron chi connectivity index (χ3n) is 2.74. The van der Waals surface area contributed by atoms with E-state index in [1.807, 2.05) is 6.92 Å². The van der Waals surface area contributed by atoms with Crippen molar-refractivity contribution in [3.63, 3.8) is 0 Å². The van der Waals surface area contributed by atoms with Crippen molar-refractivity contribution in [3.8, 4) is 0 Å². The first-order valence-corrected chi connectivity index (χ1v) is 8.14. The van der Waals surface area contributed by atoms with Gasteiger partial charge in [-0.25, -0.2) is 8.42 Å². The molecule has 0 heterocycles. The van der Waals surface area contributed by atoms with E-state index < -0.39 is 9.84 Å². The van der Waals surface area contributed by atoms with Crippen molar-refractivity contribution < 1.29 is 8.42 Å². The lowest BCUT2D eigenvalue weighted by Crippen LogP contribution is -1.97. The number of hydrogen-bond acceptors (Lipinski definition) is 2. The average Bonchev–Trinajstić information content (AvgIpc) is 2.39. The summed E-state index contributed by atoms with van der Waals surface area (Å²) in [6.07, 6.45) is 0. The normalized spacial score (nSPS) is 12.4. The zero-order valence-electron chi connectivity index (χ0n) is 10.7. The molecule has 5 heteroatoms. The van der Waals surface area contributed by atoms with Crippen LogP contribution in [-0.4, -0.2) is 8.42 Å². The second-order valence-corrected chi connectivity index (χ2v) is 6.92. The van der Waals surface area contributed by atoms with Crippen LogP contribution in [0, 0.1) is 6.92 Å². The molecule has 0 aliphatic heterocycles. The predicted molar refractivity (Wildman–Crippen MR) is 83.6 cm³/mol. The van der Waals surface area contributed by atoms with Gasteiger partial charge in [-0.1, -0.05) is 59.1 Å². The molecule has 0 fully saturated rings. The van der Waals surface area contributed by atoms with Gasteiger partial charge in [-0.3, -0.25) is 0 Å². The van der Waals surface area contributed by atoms with E-state index >= 15 is 0 Å². The molecule has 2 aromatic rings. The molecule has 0 spiro atoms. The molecule has 0 atom stereocenters. The number of hydrogen-bond donors (Lipinski definition) is 0. The minimum Gasteiger partial charge on any atom is -0.219 e. The van der Waals surface area contributed by atoms with Crippen molar-refractivity contribution in [1.82, 2.24) is 0 Å². The summed E-state index contributed by atoms with van der Waals surface area (Å²) in [6.45, 7) is 1.89. The largest absolute Gasteiger partial charge is 0.219 e. The topological polar surface area (TPSA) is 34.1 Å².